The molecule has 0 saturated heterocycles. The van der Waals surface area contributed by atoms with E-state index in [0.717, 1.165) is 10.4 Å². The molecule has 0 saturated carbocycles. The summed E-state index contributed by atoms with van der Waals surface area (Å²) in [5.74, 6) is 0.460. The van der Waals surface area contributed by atoms with Crippen molar-refractivity contribution in [1.82, 2.24) is 9.38 Å². The Bertz CT molecular complexity index is 1130. The molecule has 6 heteroatoms. The number of ether oxygens (including phenoxy) is 1. The predicted molar refractivity (Wildman–Crippen MR) is 99.9 cm³/mol. The van der Waals surface area contributed by atoms with Crippen molar-refractivity contribution in [3.8, 4) is 5.88 Å². The van der Waals surface area contributed by atoms with Gasteiger partial charge >= 0.3 is 0 Å². The summed E-state index contributed by atoms with van der Waals surface area (Å²) in [6, 6.07) is 12.4. The number of thiophene rings is 1. The van der Waals surface area contributed by atoms with Gasteiger partial charge in [0.1, 0.15) is 0 Å². The Morgan fingerprint density at radius 3 is 2.76 bits per heavy atom. The third-order valence-corrected chi connectivity index (χ3v) is 6.43. The SMILES string of the molecule is Cc1ccc(C2(c3cccs3)Cc3c(nc4sccn4c3=O)O2)cc1. The van der Waals surface area contributed by atoms with Crippen molar-refractivity contribution in [2.75, 3.05) is 0 Å². The van der Waals surface area contributed by atoms with Crippen LogP contribution in [0.2, 0.25) is 0 Å². The number of fused-ring (bicyclic) bond motifs is 2. The van der Waals surface area contributed by atoms with Crippen LogP contribution in [0.25, 0.3) is 4.96 Å². The maximum atomic E-state index is 12.9. The second-order valence-corrected chi connectivity index (χ2v) is 8.03. The second kappa shape index (κ2) is 5.28. The summed E-state index contributed by atoms with van der Waals surface area (Å²) < 4.78 is 8.02. The van der Waals surface area contributed by atoms with Gasteiger partial charge in [0.25, 0.3) is 5.56 Å². The van der Waals surface area contributed by atoms with Gasteiger partial charge in [-0.25, -0.2) is 0 Å². The van der Waals surface area contributed by atoms with Gasteiger partial charge in [-0.3, -0.25) is 9.20 Å². The lowest BCUT2D eigenvalue weighted by Crippen LogP contribution is -2.32. The highest BCUT2D eigenvalue weighted by Crippen LogP contribution is 2.45. The Hall–Kier alpha value is -2.44. The van der Waals surface area contributed by atoms with Crippen LogP contribution >= 0.6 is 22.7 Å². The van der Waals surface area contributed by atoms with E-state index in [2.05, 4.69) is 42.2 Å². The molecule has 1 unspecified atom stereocenters. The van der Waals surface area contributed by atoms with Crippen LogP contribution in [0.4, 0.5) is 0 Å². The van der Waals surface area contributed by atoms with E-state index in [1.807, 2.05) is 16.8 Å². The van der Waals surface area contributed by atoms with Crippen LogP contribution in [0.3, 0.4) is 0 Å². The van der Waals surface area contributed by atoms with E-state index in [0.29, 0.717) is 22.8 Å². The molecule has 25 heavy (non-hydrogen) atoms. The summed E-state index contributed by atoms with van der Waals surface area (Å²) in [6.45, 7) is 2.06. The molecule has 0 spiro atoms. The van der Waals surface area contributed by atoms with E-state index < -0.39 is 5.60 Å². The first-order valence-electron chi connectivity index (χ1n) is 7.96. The second-order valence-electron chi connectivity index (χ2n) is 6.21. The third-order valence-electron chi connectivity index (χ3n) is 4.66. The van der Waals surface area contributed by atoms with Crippen molar-refractivity contribution in [2.45, 2.75) is 18.9 Å². The van der Waals surface area contributed by atoms with Crippen molar-refractivity contribution in [1.29, 1.82) is 0 Å². The summed E-state index contributed by atoms with van der Waals surface area (Å²) in [4.78, 5) is 19.2. The number of thiazole rings is 1. The first kappa shape index (κ1) is 14.9. The van der Waals surface area contributed by atoms with Gasteiger partial charge in [0.15, 0.2) is 10.6 Å². The lowest BCUT2D eigenvalue weighted by molar-refractivity contribution is 0.139. The monoisotopic (exact) mass is 366 g/mol. The minimum Gasteiger partial charge on any atom is -0.460 e. The summed E-state index contributed by atoms with van der Waals surface area (Å²) in [5.41, 5.74) is 2.17. The summed E-state index contributed by atoms with van der Waals surface area (Å²) in [7, 11) is 0. The van der Waals surface area contributed by atoms with Crippen LogP contribution in [0.15, 0.2) is 58.1 Å². The molecule has 5 rings (SSSR count). The first-order valence-corrected chi connectivity index (χ1v) is 9.72. The fourth-order valence-electron chi connectivity index (χ4n) is 3.36. The normalized spacial score (nSPS) is 19.1. The van der Waals surface area contributed by atoms with Crippen molar-refractivity contribution < 1.29 is 4.74 Å². The van der Waals surface area contributed by atoms with Crippen molar-refractivity contribution in [2.24, 2.45) is 0 Å². The van der Waals surface area contributed by atoms with Crippen LogP contribution < -0.4 is 10.3 Å². The average Bonchev–Trinajstić information content (AvgIpc) is 3.35. The molecule has 0 N–H and O–H groups in total. The van der Waals surface area contributed by atoms with Gasteiger partial charge in [-0.2, -0.15) is 4.98 Å². The fourth-order valence-corrected chi connectivity index (χ4v) is 4.94. The van der Waals surface area contributed by atoms with E-state index >= 15 is 0 Å². The van der Waals surface area contributed by atoms with Gasteiger partial charge in [0.2, 0.25) is 5.88 Å². The Labute approximate surface area is 152 Å². The fraction of sp³-hybridized carbons (Fsp3) is 0.158. The van der Waals surface area contributed by atoms with Crippen molar-refractivity contribution >= 4 is 27.6 Å². The predicted octanol–water partition coefficient (Wildman–Crippen LogP) is 4.00. The standard InChI is InChI=1S/C19H14N2O2S2/c1-12-4-6-13(7-5-12)19(15-3-2-9-24-15)11-14-16(23-19)20-18-21(17(14)22)8-10-25-18/h2-10H,11H2,1H3. The van der Waals surface area contributed by atoms with Crippen LogP contribution in [0, 0.1) is 6.92 Å². The van der Waals surface area contributed by atoms with Crippen molar-refractivity contribution in [3.05, 3.63) is 85.3 Å². The number of rotatable bonds is 2. The summed E-state index contributed by atoms with van der Waals surface area (Å²) in [5, 5.41) is 3.90. The van der Waals surface area contributed by atoms with Crippen LogP contribution in [0.1, 0.15) is 21.6 Å². The highest BCUT2D eigenvalue weighted by atomic mass is 32.1. The Balaban J connectivity index is 1.74. The number of benzene rings is 1. The highest BCUT2D eigenvalue weighted by Gasteiger charge is 2.46. The number of hydrogen-bond donors (Lipinski definition) is 0. The number of hydrogen-bond acceptors (Lipinski definition) is 5. The zero-order valence-corrected chi connectivity index (χ0v) is 15.1. The molecule has 0 amide bonds. The molecule has 1 aliphatic rings. The molecule has 1 aliphatic heterocycles. The third kappa shape index (κ3) is 2.11. The van der Waals surface area contributed by atoms with Gasteiger partial charge in [-0.05, 0) is 18.4 Å². The Morgan fingerprint density at radius 1 is 1.16 bits per heavy atom. The lowest BCUT2D eigenvalue weighted by Gasteiger charge is -2.28. The number of aryl methyl sites for hydroxylation is 1. The molecule has 4 nitrogen and oxygen atoms in total. The molecular weight excluding hydrogens is 352 g/mol. The molecular formula is C19H14N2O2S2. The maximum absolute atomic E-state index is 12.9. The highest BCUT2D eigenvalue weighted by molar-refractivity contribution is 7.15. The number of nitrogens with zero attached hydrogens (tertiary/aromatic N) is 2. The molecule has 1 atom stereocenters. The van der Waals surface area contributed by atoms with Gasteiger partial charge in [-0.15, -0.1) is 22.7 Å². The number of aromatic nitrogens is 2. The minimum atomic E-state index is -0.680. The molecule has 124 valence electrons. The van der Waals surface area contributed by atoms with E-state index in [9.17, 15) is 4.79 Å². The van der Waals surface area contributed by atoms with Gasteiger partial charge in [0.05, 0.1) is 10.4 Å². The smallest absolute Gasteiger partial charge is 0.265 e. The summed E-state index contributed by atoms with van der Waals surface area (Å²) >= 11 is 3.08. The zero-order valence-electron chi connectivity index (χ0n) is 13.4. The molecule has 4 heterocycles. The summed E-state index contributed by atoms with van der Waals surface area (Å²) in [6.07, 6.45) is 2.27. The quantitative estimate of drug-likeness (QED) is 0.538. The largest absolute Gasteiger partial charge is 0.460 e. The molecule has 0 bridgehead atoms. The average molecular weight is 366 g/mol. The van der Waals surface area contributed by atoms with E-state index in [1.165, 1.54) is 16.9 Å². The van der Waals surface area contributed by atoms with E-state index in [-0.39, 0.29) is 5.56 Å². The lowest BCUT2D eigenvalue weighted by atomic mass is 9.87. The molecule has 0 radical (unpaired) electrons. The molecule has 0 fully saturated rings. The topological polar surface area (TPSA) is 43.6 Å². The van der Waals surface area contributed by atoms with Crippen LogP contribution in [-0.2, 0) is 12.0 Å². The zero-order chi connectivity index (χ0) is 17.0. The van der Waals surface area contributed by atoms with Gasteiger partial charge in [0, 0.05) is 23.6 Å². The maximum Gasteiger partial charge on any atom is 0.265 e. The minimum absolute atomic E-state index is 0.0354. The molecule has 3 aromatic heterocycles. The Kier molecular flexibility index (Phi) is 3.14. The van der Waals surface area contributed by atoms with Gasteiger partial charge < -0.3 is 4.74 Å². The molecule has 0 aliphatic carbocycles. The van der Waals surface area contributed by atoms with Crippen LogP contribution in [0.5, 0.6) is 5.88 Å². The first-order chi connectivity index (χ1) is 12.2. The Morgan fingerprint density at radius 2 is 2.00 bits per heavy atom. The van der Waals surface area contributed by atoms with E-state index in [1.54, 1.807) is 21.9 Å². The van der Waals surface area contributed by atoms with Crippen LogP contribution in [-0.4, -0.2) is 9.38 Å². The van der Waals surface area contributed by atoms with E-state index in [4.69, 9.17) is 4.74 Å². The van der Waals surface area contributed by atoms with Crippen molar-refractivity contribution in [3.63, 3.8) is 0 Å². The van der Waals surface area contributed by atoms with Gasteiger partial charge in [-0.1, -0.05) is 35.9 Å². The molecule has 4 aromatic rings. The molecule has 1 aromatic carbocycles.